The van der Waals surface area contributed by atoms with E-state index in [-0.39, 0.29) is 0 Å². The Hall–Kier alpha value is -3.82. The molecule has 4 N–H and O–H groups in total. The molecule has 0 aliphatic carbocycles. The summed E-state index contributed by atoms with van der Waals surface area (Å²) in [6, 6.07) is 19.4. The number of aryl methyl sites for hydroxylation is 1. The fourth-order valence-electron chi connectivity index (χ4n) is 3.09. The molecular weight excluding hydrogens is 476 g/mol. The average molecular weight is 499 g/mol. The molecule has 3 aromatic rings. The molecule has 0 heterocycles. The minimum absolute atomic E-state index is 0.292. The highest BCUT2D eigenvalue weighted by Gasteiger charge is 2.16. The van der Waals surface area contributed by atoms with Crippen molar-refractivity contribution in [3.05, 3.63) is 88.4 Å². The Morgan fingerprint density at radius 3 is 2.50 bits per heavy atom. The van der Waals surface area contributed by atoms with Gasteiger partial charge in [-0.3, -0.25) is 4.79 Å². The van der Waals surface area contributed by atoms with Crippen molar-refractivity contribution in [1.29, 1.82) is 0 Å². The van der Waals surface area contributed by atoms with Crippen molar-refractivity contribution in [2.75, 3.05) is 17.2 Å². The molecule has 3 aromatic carbocycles. The van der Waals surface area contributed by atoms with E-state index in [9.17, 15) is 13.2 Å². The fraction of sp³-hybridized carbons (Fsp3) is 0.125. The van der Waals surface area contributed by atoms with Crippen LogP contribution < -0.4 is 21.2 Å². The SMILES string of the molecule is Cc1cc(NC(C(=O)Nc2ccccc2Cl)=S(=O)=O)cc(OCCc2ccc(C=NN)cc2)c1. The summed E-state index contributed by atoms with van der Waals surface area (Å²) in [5.41, 5.74) is 3.51. The van der Waals surface area contributed by atoms with Gasteiger partial charge in [-0.2, -0.15) is 13.5 Å². The molecule has 10 heteroatoms. The van der Waals surface area contributed by atoms with E-state index in [1.165, 1.54) is 0 Å². The van der Waals surface area contributed by atoms with Crippen molar-refractivity contribution in [3.8, 4) is 5.75 Å². The molecule has 0 aliphatic rings. The third-order valence-electron chi connectivity index (χ3n) is 4.67. The van der Waals surface area contributed by atoms with Crippen LogP contribution in [0.5, 0.6) is 5.75 Å². The van der Waals surface area contributed by atoms with Crippen molar-refractivity contribution in [3.63, 3.8) is 0 Å². The molecule has 1 amide bonds. The van der Waals surface area contributed by atoms with E-state index in [4.69, 9.17) is 22.2 Å². The number of halogens is 1. The Bertz CT molecular complexity index is 1330. The van der Waals surface area contributed by atoms with Crippen LogP contribution in [-0.2, 0) is 21.5 Å². The molecule has 34 heavy (non-hydrogen) atoms. The second-order valence-corrected chi connectivity index (χ2v) is 8.56. The Morgan fingerprint density at radius 1 is 1.09 bits per heavy atom. The Balaban J connectivity index is 1.67. The summed E-state index contributed by atoms with van der Waals surface area (Å²) in [6.45, 7) is 2.25. The number of carbonyl (C=O) groups excluding carboxylic acids is 1. The Labute approximate surface area is 203 Å². The zero-order valence-corrected chi connectivity index (χ0v) is 19.9. The number of rotatable bonds is 7. The first-order chi connectivity index (χ1) is 16.4. The smallest absolute Gasteiger partial charge is 0.288 e. The third-order valence-corrected chi connectivity index (χ3v) is 5.62. The molecule has 0 aliphatic heterocycles. The van der Waals surface area contributed by atoms with Gasteiger partial charge in [-0.25, -0.2) is 0 Å². The number of nitrogens with zero attached hydrogens (tertiary/aromatic N) is 1. The highest BCUT2D eigenvalue weighted by Crippen LogP contribution is 2.22. The number of amides is 1. The van der Waals surface area contributed by atoms with Crippen LogP contribution in [0.1, 0.15) is 16.7 Å². The summed E-state index contributed by atoms with van der Waals surface area (Å²) in [5, 5.41) is 8.95. The number of para-hydroxylation sites is 1. The van der Waals surface area contributed by atoms with Crippen molar-refractivity contribution >= 4 is 50.4 Å². The quantitative estimate of drug-likeness (QED) is 0.198. The summed E-state index contributed by atoms with van der Waals surface area (Å²) >= 11 is 6.04. The van der Waals surface area contributed by atoms with Crippen molar-refractivity contribution < 1.29 is 17.9 Å². The second-order valence-electron chi connectivity index (χ2n) is 7.28. The van der Waals surface area contributed by atoms with E-state index in [1.807, 2.05) is 37.3 Å². The van der Waals surface area contributed by atoms with Crippen molar-refractivity contribution in [2.45, 2.75) is 13.3 Å². The van der Waals surface area contributed by atoms with Crippen LogP contribution in [0.25, 0.3) is 0 Å². The van der Waals surface area contributed by atoms with Crippen LogP contribution in [0.3, 0.4) is 0 Å². The molecule has 0 unspecified atom stereocenters. The van der Waals surface area contributed by atoms with Crippen LogP contribution in [0.2, 0.25) is 5.02 Å². The van der Waals surface area contributed by atoms with E-state index < -0.39 is 21.2 Å². The van der Waals surface area contributed by atoms with Gasteiger partial charge < -0.3 is 21.2 Å². The lowest BCUT2D eigenvalue weighted by molar-refractivity contribution is -0.110. The normalized spacial score (nSPS) is 10.6. The van der Waals surface area contributed by atoms with Gasteiger partial charge in [0.1, 0.15) is 5.75 Å². The highest BCUT2D eigenvalue weighted by atomic mass is 35.5. The third kappa shape index (κ3) is 7.09. The average Bonchev–Trinajstić information content (AvgIpc) is 2.80. The van der Waals surface area contributed by atoms with Gasteiger partial charge in [-0.05, 0) is 47.9 Å². The van der Waals surface area contributed by atoms with Crippen molar-refractivity contribution in [2.24, 2.45) is 10.9 Å². The van der Waals surface area contributed by atoms with Gasteiger partial charge in [0, 0.05) is 18.2 Å². The van der Waals surface area contributed by atoms with E-state index >= 15 is 0 Å². The topological polar surface area (TPSA) is 123 Å². The molecular formula is C24H23ClN4O4S. The van der Waals surface area contributed by atoms with Crippen LogP contribution in [0, 0.1) is 6.92 Å². The van der Waals surface area contributed by atoms with Crippen molar-refractivity contribution in [1.82, 2.24) is 0 Å². The fourth-order valence-corrected chi connectivity index (χ4v) is 3.68. The number of anilines is 2. The van der Waals surface area contributed by atoms with E-state index in [0.717, 1.165) is 16.7 Å². The lowest BCUT2D eigenvalue weighted by atomic mass is 10.1. The van der Waals surface area contributed by atoms with E-state index in [0.29, 0.717) is 35.2 Å². The number of hydrogen-bond acceptors (Lipinski definition) is 6. The predicted octanol–water partition coefficient (Wildman–Crippen LogP) is 3.62. The van der Waals surface area contributed by atoms with Gasteiger partial charge in [-0.1, -0.05) is 48.0 Å². The van der Waals surface area contributed by atoms with Crippen LogP contribution in [0.15, 0.2) is 71.8 Å². The van der Waals surface area contributed by atoms with Gasteiger partial charge in [0.25, 0.3) is 5.91 Å². The molecule has 0 aromatic heterocycles. The monoisotopic (exact) mass is 498 g/mol. The number of carbonyl (C=O) groups is 1. The molecule has 176 valence electrons. The maximum atomic E-state index is 12.6. The summed E-state index contributed by atoms with van der Waals surface area (Å²) < 4.78 is 29.3. The van der Waals surface area contributed by atoms with E-state index in [1.54, 1.807) is 42.6 Å². The van der Waals surface area contributed by atoms with Gasteiger partial charge in [0.15, 0.2) is 0 Å². The first kappa shape index (κ1) is 24.8. The molecule has 0 saturated carbocycles. The van der Waals surface area contributed by atoms with Gasteiger partial charge in [0.05, 0.1) is 23.5 Å². The molecule has 0 spiro atoms. The Kier molecular flexibility index (Phi) is 8.66. The molecule has 3 rings (SSSR count). The number of nitrogens with one attached hydrogen (secondary N) is 2. The summed E-state index contributed by atoms with van der Waals surface area (Å²) in [5.74, 6) is 4.85. The maximum absolute atomic E-state index is 12.6. The van der Waals surface area contributed by atoms with Gasteiger partial charge in [-0.15, -0.1) is 0 Å². The van der Waals surface area contributed by atoms with Crippen LogP contribution in [-0.4, -0.2) is 32.1 Å². The number of hydrogen-bond donors (Lipinski definition) is 3. The molecule has 0 saturated heterocycles. The molecule has 0 fully saturated rings. The van der Waals surface area contributed by atoms with Crippen LogP contribution >= 0.6 is 11.6 Å². The summed E-state index contributed by atoms with van der Waals surface area (Å²) in [6.07, 6.45) is 2.23. The zero-order valence-electron chi connectivity index (χ0n) is 18.3. The minimum atomic E-state index is -2.82. The lowest BCUT2D eigenvalue weighted by Crippen LogP contribution is -2.30. The summed E-state index contributed by atoms with van der Waals surface area (Å²) in [7, 11) is -2.82. The maximum Gasteiger partial charge on any atom is 0.288 e. The number of hydrazone groups is 1. The lowest BCUT2D eigenvalue weighted by Gasteiger charge is -2.12. The van der Waals surface area contributed by atoms with Gasteiger partial charge >= 0.3 is 0 Å². The Morgan fingerprint density at radius 2 is 1.82 bits per heavy atom. The molecule has 0 atom stereocenters. The van der Waals surface area contributed by atoms with E-state index in [2.05, 4.69) is 15.7 Å². The highest BCUT2D eigenvalue weighted by molar-refractivity contribution is 7.75. The van der Waals surface area contributed by atoms with Crippen LogP contribution in [0.4, 0.5) is 11.4 Å². The largest absolute Gasteiger partial charge is 0.493 e. The predicted molar refractivity (Wildman–Crippen MR) is 136 cm³/mol. The zero-order chi connectivity index (χ0) is 24.5. The first-order valence-corrected chi connectivity index (χ1v) is 11.7. The molecule has 8 nitrogen and oxygen atoms in total. The number of ether oxygens (including phenoxy) is 1. The molecule has 0 radical (unpaired) electrons. The van der Waals surface area contributed by atoms with Gasteiger partial charge in [0.2, 0.25) is 15.3 Å². The first-order valence-electron chi connectivity index (χ1n) is 10.2. The number of nitrogens with two attached hydrogens (primary N) is 1. The summed E-state index contributed by atoms with van der Waals surface area (Å²) in [4.78, 5) is 12.0. The molecule has 0 bridgehead atoms. The number of benzene rings is 3. The standard InChI is InChI=1S/C24H23ClN4O4S/c1-16-12-19(28-24(34(31)32)23(30)29-22-5-3-2-4-21(22)25)14-20(13-16)33-11-10-17-6-8-18(9-7-17)15-27-26/h2-9,12-15,28H,10-11,26H2,1H3,(H,29,30). The second kappa shape index (κ2) is 11.9. The minimum Gasteiger partial charge on any atom is -0.493 e.